The molecule has 0 aromatic heterocycles. The first-order chi connectivity index (χ1) is 8.38. The topological polar surface area (TPSA) is 41.3 Å². The van der Waals surface area contributed by atoms with Crippen molar-refractivity contribution in [3.8, 4) is 0 Å². The summed E-state index contributed by atoms with van der Waals surface area (Å²) in [6, 6.07) is 6.50. The molecule has 0 amide bonds. The fraction of sp³-hybridized carbons (Fsp3) is 0.600. The highest BCUT2D eigenvalue weighted by atomic mass is 15.1. The summed E-state index contributed by atoms with van der Waals surface area (Å²) in [5.41, 5.74) is 9.07. The van der Waals surface area contributed by atoms with Crippen molar-refractivity contribution >= 4 is 11.4 Å². The highest BCUT2D eigenvalue weighted by Crippen LogP contribution is 2.21. The van der Waals surface area contributed by atoms with E-state index >= 15 is 0 Å². The third kappa shape index (κ3) is 4.96. The first-order valence-electron chi connectivity index (χ1n) is 6.66. The summed E-state index contributed by atoms with van der Waals surface area (Å²) in [6.07, 6.45) is 1.16. The van der Waals surface area contributed by atoms with E-state index in [1.165, 1.54) is 5.56 Å². The molecule has 3 heteroatoms. The van der Waals surface area contributed by atoms with E-state index < -0.39 is 0 Å². The number of hydrogen-bond acceptors (Lipinski definition) is 3. The van der Waals surface area contributed by atoms with Gasteiger partial charge in [0.25, 0.3) is 0 Å². The molecule has 0 bridgehead atoms. The van der Waals surface area contributed by atoms with Gasteiger partial charge in [0.1, 0.15) is 0 Å². The summed E-state index contributed by atoms with van der Waals surface area (Å²) in [4.78, 5) is 2.22. The van der Waals surface area contributed by atoms with E-state index in [4.69, 9.17) is 5.73 Å². The highest BCUT2D eigenvalue weighted by Gasteiger charge is 2.13. The highest BCUT2D eigenvalue weighted by molar-refractivity contribution is 5.59. The maximum Gasteiger partial charge on any atom is 0.0393 e. The van der Waals surface area contributed by atoms with Crippen LogP contribution in [-0.4, -0.2) is 31.6 Å². The first-order valence-corrected chi connectivity index (χ1v) is 6.66. The van der Waals surface area contributed by atoms with Gasteiger partial charge >= 0.3 is 0 Å². The number of aryl methyl sites for hydroxylation is 1. The lowest BCUT2D eigenvalue weighted by atomic mass is 10.0. The Morgan fingerprint density at radius 2 is 1.94 bits per heavy atom. The molecule has 1 rings (SSSR count). The third-order valence-corrected chi connectivity index (χ3v) is 2.96. The van der Waals surface area contributed by atoms with Gasteiger partial charge in [0.05, 0.1) is 0 Å². The first kappa shape index (κ1) is 14.8. The predicted molar refractivity (Wildman–Crippen MR) is 81.0 cm³/mol. The van der Waals surface area contributed by atoms with E-state index in [0.29, 0.717) is 12.0 Å². The minimum Gasteiger partial charge on any atom is -0.399 e. The molecule has 0 heterocycles. The maximum atomic E-state index is 5.86. The van der Waals surface area contributed by atoms with Crippen LogP contribution in [0.3, 0.4) is 0 Å². The molecule has 1 aromatic carbocycles. The summed E-state index contributed by atoms with van der Waals surface area (Å²) >= 11 is 0. The third-order valence-electron chi connectivity index (χ3n) is 2.96. The van der Waals surface area contributed by atoms with E-state index in [2.05, 4.69) is 51.1 Å². The number of nitrogens with zero attached hydrogens (tertiary/aromatic N) is 1. The number of anilines is 2. The van der Waals surface area contributed by atoms with Crippen LogP contribution in [0, 0.1) is 12.8 Å². The van der Waals surface area contributed by atoms with Crippen LogP contribution in [0.15, 0.2) is 18.2 Å². The number of nitrogens with one attached hydrogen (secondary N) is 1. The molecule has 18 heavy (non-hydrogen) atoms. The van der Waals surface area contributed by atoms with Crippen LogP contribution in [0.1, 0.15) is 25.8 Å². The summed E-state index contributed by atoms with van der Waals surface area (Å²) in [5.74, 6) is 0.684. The molecule has 0 aliphatic heterocycles. The predicted octanol–water partition coefficient (Wildman–Crippen LogP) is 2.97. The lowest BCUT2D eigenvalue weighted by molar-refractivity contribution is 0.356. The van der Waals surface area contributed by atoms with Gasteiger partial charge in [0, 0.05) is 24.0 Å². The van der Waals surface area contributed by atoms with Gasteiger partial charge in [-0.3, -0.25) is 0 Å². The molecule has 1 atom stereocenters. The van der Waals surface area contributed by atoms with Crippen molar-refractivity contribution in [3.63, 3.8) is 0 Å². The minimum atomic E-state index is 0.459. The second-order valence-corrected chi connectivity index (χ2v) is 5.81. The maximum absolute atomic E-state index is 5.86. The average molecular weight is 249 g/mol. The van der Waals surface area contributed by atoms with Crippen molar-refractivity contribution in [3.05, 3.63) is 23.8 Å². The van der Waals surface area contributed by atoms with Crippen LogP contribution in [0.4, 0.5) is 11.4 Å². The molecule has 1 unspecified atom stereocenters. The zero-order valence-corrected chi connectivity index (χ0v) is 12.3. The molecule has 0 saturated carbocycles. The Labute approximate surface area is 111 Å². The van der Waals surface area contributed by atoms with Crippen molar-refractivity contribution in [1.82, 2.24) is 4.90 Å². The molecule has 3 N–H and O–H groups in total. The Morgan fingerprint density at radius 3 is 2.50 bits per heavy atom. The molecular weight excluding hydrogens is 222 g/mol. The Morgan fingerprint density at radius 1 is 1.28 bits per heavy atom. The smallest absolute Gasteiger partial charge is 0.0393 e. The lowest BCUT2D eigenvalue weighted by Crippen LogP contribution is -2.33. The van der Waals surface area contributed by atoms with Crippen molar-refractivity contribution in [2.45, 2.75) is 33.2 Å². The van der Waals surface area contributed by atoms with Gasteiger partial charge in [-0.25, -0.2) is 0 Å². The van der Waals surface area contributed by atoms with Crippen molar-refractivity contribution in [2.75, 3.05) is 31.7 Å². The number of benzene rings is 1. The number of rotatable bonds is 6. The Balaban J connectivity index is 2.77. The normalized spacial score (nSPS) is 13.1. The monoisotopic (exact) mass is 249 g/mol. The van der Waals surface area contributed by atoms with E-state index in [9.17, 15) is 0 Å². The van der Waals surface area contributed by atoms with Crippen molar-refractivity contribution < 1.29 is 0 Å². The largest absolute Gasteiger partial charge is 0.399 e. The molecule has 102 valence electrons. The minimum absolute atomic E-state index is 0.459. The Kier molecular flexibility index (Phi) is 5.48. The lowest BCUT2D eigenvalue weighted by Gasteiger charge is -2.26. The number of likely N-dealkylation sites (N-methyl/N-ethyl adjacent to an activating group) is 1. The number of nitrogen functional groups attached to an aromatic ring is 1. The van der Waals surface area contributed by atoms with E-state index in [1.54, 1.807) is 0 Å². The molecule has 0 spiro atoms. The van der Waals surface area contributed by atoms with Gasteiger partial charge in [-0.15, -0.1) is 0 Å². The zero-order valence-electron chi connectivity index (χ0n) is 12.3. The van der Waals surface area contributed by atoms with E-state index in [0.717, 1.165) is 24.3 Å². The summed E-state index contributed by atoms with van der Waals surface area (Å²) < 4.78 is 0. The summed E-state index contributed by atoms with van der Waals surface area (Å²) in [6.45, 7) is 7.67. The molecule has 0 radical (unpaired) electrons. The van der Waals surface area contributed by atoms with Gasteiger partial charge in [-0.1, -0.05) is 19.9 Å². The second-order valence-electron chi connectivity index (χ2n) is 5.81. The standard InChI is InChI=1S/C15H27N3/c1-11(2)8-14(10-18(4)5)17-15-9-13(16)7-6-12(15)3/h6-7,9,11,14,17H,8,10,16H2,1-5H3. The van der Waals surface area contributed by atoms with Gasteiger partial charge in [0.15, 0.2) is 0 Å². The second kappa shape index (κ2) is 6.64. The fourth-order valence-electron chi connectivity index (χ4n) is 2.20. The van der Waals surface area contributed by atoms with Crippen LogP contribution in [-0.2, 0) is 0 Å². The number of hydrogen-bond donors (Lipinski definition) is 2. The molecule has 3 nitrogen and oxygen atoms in total. The average Bonchev–Trinajstić information content (AvgIpc) is 2.21. The van der Waals surface area contributed by atoms with Crippen molar-refractivity contribution in [2.24, 2.45) is 5.92 Å². The molecule has 0 aliphatic carbocycles. The Bertz CT molecular complexity index is 362. The fourth-order valence-corrected chi connectivity index (χ4v) is 2.20. The van der Waals surface area contributed by atoms with Crippen LogP contribution in [0.25, 0.3) is 0 Å². The van der Waals surface area contributed by atoms with Gasteiger partial charge in [0.2, 0.25) is 0 Å². The summed E-state index contributed by atoms with van der Waals surface area (Å²) in [7, 11) is 4.22. The zero-order chi connectivity index (χ0) is 13.7. The molecular formula is C15H27N3. The van der Waals surface area contributed by atoms with E-state index in [1.807, 2.05) is 12.1 Å². The van der Waals surface area contributed by atoms with Gasteiger partial charge in [-0.2, -0.15) is 0 Å². The van der Waals surface area contributed by atoms with Crippen LogP contribution >= 0.6 is 0 Å². The molecule has 1 aromatic rings. The number of nitrogens with two attached hydrogens (primary N) is 1. The van der Waals surface area contributed by atoms with Crippen LogP contribution in [0.5, 0.6) is 0 Å². The summed E-state index contributed by atoms with van der Waals surface area (Å²) in [5, 5.41) is 3.63. The van der Waals surface area contributed by atoms with Crippen LogP contribution in [0.2, 0.25) is 0 Å². The van der Waals surface area contributed by atoms with E-state index in [-0.39, 0.29) is 0 Å². The van der Waals surface area contributed by atoms with Gasteiger partial charge < -0.3 is 16.0 Å². The SMILES string of the molecule is Cc1ccc(N)cc1NC(CC(C)C)CN(C)C. The molecule has 0 aliphatic rings. The van der Waals surface area contributed by atoms with Crippen molar-refractivity contribution in [1.29, 1.82) is 0 Å². The molecule has 0 saturated heterocycles. The van der Waals surface area contributed by atoms with Crippen LogP contribution < -0.4 is 11.1 Å². The van der Waals surface area contributed by atoms with Gasteiger partial charge in [-0.05, 0) is 51.1 Å². The quantitative estimate of drug-likeness (QED) is 0.762. The Hall–Kier alpha value is -1.22. The molecule has 0 fully saturated rings.